The first-order valence-corrected chi connectivity index (χ1v) is 8.48. The molecular weight excluding hydrogens is 292 g/mol. The van der Waals surface area contributed by atoms with Crippen molar-refractivity contribution >= 4 is 17.5 Å². The minimum absolute atomic E-state index is 0.0183. The number of para-hydroxylation sites is 1. The second-order valence-corrected chi connectivity index (χ2v) is 6.52. The Labute approximate surface area is 136 Å². The Kier molecular flexibility index (Phi) is 4.96. The zero-order valence-electron chi connectivity index (χ0n) is 13.3. The number of hydrogen-bond donors (Lipinski definition) is 2. The molecule has 1 unspecified atom stereocenters. The quantitative estimate of drug-likeness (QED) is 0.867. The smallest absolute Gasteiger partial charge is 0.240 e. The van der Waals surface area contributed by atoms with Gasteiger partial charge in [-0.05, 0) is 36.8 Å². The van der Waals surface area contributed by atoms with Gasteiger partial charge in [0, 0.05) is 18.7 Å². The van der Waals surface area contributed by atoms with Crippen LogP contribution in [0.2, 0.25) is 0 Å². The largest absolute Gasteiger partial charge is 0.391 e. The van der Waals surface area contributed by atoms with Crippen LogP contribution in [-0.2, 0) is 16.0 Å². The van der Waals surface area contributed by atoms with Crippen LogP contribution in [0.5, 0.6) is 0 Å². The monoisotopic (exact) mass is 316 g/mol. The van der Waals surface area contributed by atoms with Crippen molar-refractivity contribution in [2.45, 2.75) is 44.6 Å². The lowest BCUT2D eigenvalue weighted by atomic mass is 10.0. The number of nitrogens with one attached hydrogen (secondary N) is 1. The maximum atomic E-state index is 12.2. The van der Waals surface area contributed by atoms with Gasteiger partial charge in [0.2, 0.25) is 11.8 Å². The van der Waals surface area contributed by atoms with Crippen LogP contribution >= 0.6 is 0 Å². The highest BCUT2D eigenvalue weighted by Gasteiger charge is 2.27. The normalized spacial score (nSPS) is 19.5. The molecule has 0 aromatic heterocycles. The SMILES string of the molecule is O=C(CN1C(=O)CCc2ccccc21)NCC(O)C1CCCC1. The molecule has 2 N–H and O–H groups in total. The number of hydrogen-bond acceptors (Lipinski definition) is 3. The molecule has 5 heteroatoms. The van der Waals surface area contributed by atoms with Crippen LogP contribution in [0.4, 0.5) is 5.69 Å². The number of carbonyl (C=O) groups is 2. The minimum Gasteiger partial charge on any atom is -0.391 e. The number of aliphatic hydroxyl groups excluding tert-OH is 1. The third kappa shape index (κ3) is 3.72. The highest BCUT2D eigenvalue weighted by atomic mass is 16.3. The maximum absolute atomic E-state index is 12.2. The van der Waals surface area contributed by atoms with Gasteiger partial charge in [-0.1, -0.05) is 31.0 Å². The van der Waals surface area contributed by atoms with Crippen LogP contribution in [0, 0.1) is 5.92 Å². The summed E-state index contributed by atoms with van der Waals surface area (Å²) < 4.78 is 0. The maximum Gasteiger partial charge on any atom is 0.240 e. The van der Waals surface area contributed by atoms with Crippen molar-refractivity contribution in [3.8, 4) is 0 Å². The number of fused-ring (bicyclic) bond motifs is 1. The lowest BCUT2D eigenvalue weighted by Gasteiger charge is -2.29. The van der Waals surface area contributed by atoms with Crippen LogP contribution in [0.15, 0.2) is 24.3 Å². The summed E-state index contributed by atoms with van der Waals surface area (Å²) in [6.45, 7) is 0.292. The van der Waals surface area contributed by atoms with Crippen molar-refractivity contribution < 1.29 is 14.7 Å². The molecule has 1 aliphatic carbocycles. The zero-order valence-corrected chi connectivity index (χ0v) is 13.3. The molecule has 1 aromatic rings. The summed E-state index contributed by atoms with van der Waals surface area (Å²) in [6.07, 6.45) is 5.08. The van der Waals surface area contributed by atoms with Crippen LogP contribution < -0.4 is 10.2 Å². The van der Waals surface area contributed by atoms with Crippen molar-refractivity contribution in [3.05, 3.63) is 29.8 Å². The number of amides is 2. The lowest BCUT2D eigenvalue weighted by molar-refractivity contribution is -0.124. The number of benzene rings is 1. The van der Waals surface area contributed by atoms with E-state index in [0.29, 0.717) is 12.3 Å². The summed E-state index contributed by atoms with van der Waals surface area (Å²) in [4.78, 5) is 25.9. The molecule has 0 spiro atoms. The molecule has 0 radical (unpaired) electrons. The molecule has 1 saturated carbocycles. The predicted octanol–water partition coefficient (Wildman–Crippen LogP) is 1.63. The highest BCUT2D eigenvalue weighted by molar-refractivity contribution is 6.00. The molecule has 3 rings (SSSR count). The molecule has 2 aliphatic rings. The van der Waals surface area contributed by atoms with E-state index in [0.717, 1.165) is 43.4 Å². The number of carbonyl (C=O) groups excluding carboxylic acids is 2. The molecule has 1 heterocycles. The van der Waals surface area contributed by atoms with Gasteiger partial charge in [0.1, 0.15) is 6.54 Å². The van der Waals surface area contributed by atoms with E-state index in [1.807, 2.05) is 24.3 Å². The van der Waals surface area contributed by atoms with E-state index >= 15 is 0 Å². The van der Waals surface area contributed by atoms with E-state index in [-0.39, 0.29) is 24.9 Å². The number of aliphatic hydroxyl groups is 1. The molecule has 2 amide bonds. The molecule has 0 bridgehead atoms. The van der Waals surface area contributed by atoms with Gasteiger partial charge in [-0.25, -0.2) is 0 Å². The third-order valence-corrected chi connectivity index (χ3v) is 4.95. The van der Waals surface area contributed by atoms with Crippen molar-refractivity contribution in [3.63, 3.8) is 0 Å². The Morgan fingerprint density at radius 3 is 2.78 bits per heavy atom. The van der Waals surface area contributed by atoms with Crippen molar-refractivity contribution in [2.24, 2.45) is 5.92 Å². The number of anilines is 1. The molecule has 1 atom stereocenters. The van der Waals surface area contributed by atoms with Crippen molar-refractivity contribution in [1.82, 2.24) is 5.32 Å². The Balaban J connectivity index is 1.56. The second-order valence-electron chi connectivity index (χ2n) is 6.52. The molecule has 1 fully saturated rings. The summed E-state index contributed by atoms with van der Waals surface area (Å²) >= 11 is 0. The van der Waals surface area contributed by atoms with E-state index in [9.17, 15) is 14.7 Å². The summed E-state index contributed by atoms with van der Waals surface area (Å²) in [5.74, 6) is 0.0648. The second kappa shape index (κ2) is 7.13. The van der Waals surface area contributed by atoms with E-state index < -0.39 is 6.10 Å². The molecule has 1 aromatic carbocycles. The van der Waals surface area contributed by atoms with Gasteiger partial charge in [0.25, 0.3) is 0 Å². The Bertz CT molecular complexity index is 581. The predicted molar refractivity (Wildman–Crippen MR) is 88.1 cm³/mol. The molecular formula is C18H24N2O3. The van der Waals surface area contributed by atoms with E-state index in [2.05, 4.69) is 5.32 Å². The molecule has 1 aliphatic heterocycles. The van der Waals surface area contributed by atoms with Crippen LogP contribution in [0.3, 0.4) is 0 Å². The van der Waals surface area contributed by atoms with Gasteiger partial charge >= 0.3 is 0 Å². The Morgan fingerprint density at radius 2 is 2.00 bits per heavy atom. The zero-order chi connectivity index (χ0) is 16.2. The third-order valence-electron chi connectivity index (χ3n) is 4.95. The fraction of sp³-hybridized carbons (Fsp3) is 0.556. The fourth-order valence-corrected chi connectivity index (χ4v) is 3.60. The van der Waals surface area contributed by atoms with Gasteiger partial charge in [-0.2, -0.15) is 0 Å². The van der Waals surface area contributed by atoms with E-state index in [1.54, 1.807) is 4.90 Å². The average Bonchev–Trinajstić information content (AvgIpc) is 3.10. The van der Waals surface area contributed by atoms with Gasteiger partial charge < -0.3 is 15.3 Å². The summed E-state index contributed by atoms with van der Waals surface area (Å²) in [5.41, 5.74) is 1.93. The summed E-state index contributed by atoms with van der Waals surface area (Å²) in [7, 11) is 0. The summed E-state index contributed by atoms with van der Waals surface area (Å²) in [6, 6.07) is 7.71. The van der Waals surface area contributed by atoms with Gasteiger partial charge in [-0.3, -0.25) is 9.59 Å². The lowest BCUT2D eigenvalue weighted by Crippen LogP contribution is -2.45. The first-order chi connectivity index (χ1) is 11.1. The van der Waals surface area contributed by atoms with Gasteiger partial charge in [0.05, 0.1) is 6.10 Å². The Hall–Kier alpha value is -1.88. The first kappa shape index (κ1) is 16.0. The average molecular weight is 316 g/mol. The van der Waals surface area contributed by atoms with Gasteiger partial charge in [-0.15, -0.1) is 0 Å². The fourth-order valence-electron chi connectivity index (χ4n) is 3.60. The van der Waals surface area contributed by atoms with Crippen LogP contribution in [0.1, 0.15) is 37.7 Å². The molecule has 124 valence electrons. The molecule has 23 heavy (non-hydrogen) atoms. The van der Waals surface area contributed by atoms with Crippen molar-refractivity contribution in [2.75, 3.05) is 18.0 Å². The van der Waals surface area contributed by atoms with Crippen LogP contribution in [0.25, 0.3) is 0 Å². The first-order valence-electron chi connectivity index (χ1n) is 8.48. The van der Waals surface area contributed by atoms with E-state index in [4.69, 9.17) is 0 Å². The standard InChI is InChI=1S/C18H24N2O3/c21-16(14-6-1-2-7-14)11-19-17(22)12-20-15-8-4-3-5-13(15)9-10-18(20)23/h3-5,8,14,16,21H,1-2,6-7,9-12H2,(H,19,22). The molecule has 5 nitrogen and oxygen atoms in total. The number of rotatable bonds is 5. The number of nitrogens with zero attached hydrogens (tertiary/aromatic N) is 1. The van der Waals surface area contributed by atoms with Crippen LogP contribution in [-0.4, -0.2) is 36.1 Å². The highest BCUT2D eigenvalue weighted by Crippen LogP contribution is 2.28. The Morgan fingerprint density at radius 1 is 1.26 bits per heavy atom. The minimum atomic E-state index is -0.481. The number of aryl methyl sites for hydroxylation is 1. The van der Waals surface area contributed by atoms with E-state index in [1.165, 1.54) is 0 Å². The topological polar surface area (TPSA) is 69.6 Å². The summed E-state index contributed by atoms with van der Waals surface area (Å²) in [5, 5.41) is 12.9. The molecule has 0 saturated heterocycles. The van der Waals surface area contributed by atoms with Crippen molar-refractivity contribution in [1.29, 1.82) is 0 Å². The van der Waals surface area contributed by atoms with Gasteiger partial charge in [0.15, 0.2) is 0 Å².